The van der Waals surface area contributed by atoms with Crippen LogP contribution in [0.4, 0.5) is 0 Å². The number of hydrogen-bond acceptors (Lipinski definition) is 4. The molecule has 5 nitrogen and oxygen atoms in total. The highest BCUT2D eigenvalue weighted by Crippen LogP contribution is 2.15. The molecule has 1 atom stereocenters. The summed E-state index contributed by atoms with van der Waals surface area (Å²) in [4.78, 5) is 11.6. The Labute approximate surface area is 109 Å². The van der Waals surface area contributed by atoms with Crippen molar-refractivity contribution in [2.45, 2.75) is 45.2 Å². The van der Waals surface area contributed by atoms with Crippen molar-refractivity contribution < 1.29 is 9.53 Å². The molecule has 1 rings (SSSR count). The lowest BCUT2D eigenvalue weighted by atomic mass is 9.95. The summed E-state index contributed by atoms with van der Waals surface area (Å²) in [5.74, 6) is -0.208. The van der Waals surface area contributed by atoms with Crippen molar-refractivity contribution in [2.24, 2.45) is 0 Å². The summed E-state index contributed by atoms with van der Waals surface area (Å²) in [5.41, 5.74) is 0.444. The van der Waals surface area contributed by atoms with Gasteiger partial charge in [0.15, 0.2) is 0 Å². The van der Waals surface area contributed by atoms with E-state index in [1.807, 2.05) is 30.8 Å². The Morgan fingerprint density at radius 1 is 1.56 bits per heavy atom. The van der Waals surface area contributed by atoms with E-state index in [9.17, 15) is 4.79 Å². The fourth-order valence-electron chi connectivity index (χ4n) is 1.89. The molecule has 0 fully saturated rings. The van der Waals surface area contributed by atoms with Crippen molar-refractivity contribution >= 4 is 5.97 Å². The minimum atomic E-state index is -0.589. The van der Waals surface area contributed by atoms with Gasteiger partial charge in [0, 0.05) is 12.7 Å². The first-order valence-electron chi connectivity index (χ1n) is 6.29. The zero-order chi connectivity index (χ0) is 13.6. The number of methoxy groups -OCH3 is 1. The van der Waals surface area contributed by atoms with Gasteiger partial charge < -0.3 is 10.1 Å². The Kier molecular flexibility index (Phi) is 5.34. The molecule has 0 amide bonds. The van der Waals surface area contributed by atoms with Crippen molar-refractivity contribution in [1.82, 2.24) is 15.1 Å². The molecule has 18 heavy (non-hydrogen) atoms. The average molecular weight is 253 g/mol. The minimum Gasteiger partial charge on any atom is -0.468 e. The number of unbranched alkanes of at least 4 members (excludes halogenated alkanes) is 1. The van der Waals surface area contributed by atoms with Gasteiger partial charge in [-0.25, -0.2) is 0 Å². The molecule has 0 spiro atoms. The number of nitrogens with one attached hydrogen (secondary N) is 1. The molecule has 5 heteroatoms. The van der Waals surface area contributed by atoms with Crippen LogP contribution in [0.3, 0.4) is 0 Å². The number of aromatic nitrogens is 2. The van der Waals surface area contributed by atoms with E-state index >= 15 is 0 Å². The lowest BCUT2D eigenvalue weighted by molar-refractivity contribution is -0.148. The van der Waals surface area contributed by atoms with Crippen LogP contribution in [0.1, 0.15) is 31.9 Å². The summed E-state index contributed by atoms with van der Waals surface area (Å²) in [5, 5.41) is 7.36. The Hall–Kier alpha value is -1.36. The van der Waals surface area contributed by atoms with Gasteiger partial charge in [0.05, 0.1) is 12.8 Å². The van der Waals surface area contributed by atoms with Crippen LogP contribution in [-0.4, -0.2) is 35.4 Å². The maximum absolute atomic E-state index is 11.6. The van der Waals surface area contributed by atoms with Gasteiger partial charge >= 0.3 is 5.97 Å². The zero-order valence-corrected chi connectivity index (χ0v) is 11.7. The highest BCUT2D eigenvalue weighted by molar-refractivity contribution is 5.80. The molecular weight excluding hydrogens is 230 g/mol. The summed E-state index contributed by atoms with van der Waals surface area (Å²) >= 11 is 0. The molecule has 1 heterocycles. The predicted octanol–water partition coefficient (Wildman–Crippen LogP) is 1.51. The van der Waals surface area contributed by atoms with E-state index in [-0.39, 0.29) is 5.97 Å². The predicted molar refractivity (Wildman–Crippen MR) is 70.3 cm³/mol. The maximum atomic E-state index is 11.6. The van der Waals surface area contributed by atoms with E-state index in [0.29, 0.717) is 0 Å². The fourth-order valence-corrected chi connectivity index (χ4v) is 1.89. The van der Waals surface area contributed by atoms with Gasteiger partial charge in [0.1, 0.15) is 5.54 Å². The van der Waals surface area contributed by atoms with Crippen LogP contribution in [0.25, 0.3) is 0 Å². The quantitative estimate of drug-likeness (QED) is 0.591. The number of ether oxygens (including phenoxy) is 1. The molecular formula is C13H23N3O2. The Morgan fingerprint density at radius 3 is 2.78 bits per heavy atom. The molecule has 0 aliphatic rings. The molecule has 1 unspecified atom stereocenters. The number of aryl methyl sites for hydroxylation is 2. The van der Waals surface area contributed by atoms with E-state index in [4.69, 9.17) is 4.74 Å². The first-order chi connectivity index (χ1) is 8.51. The molecule has 0 saturated carbocycles. The summed E-state index contributed by atoms with van der Waals surface area (Å²) in [7, 11) is 3.21. The number of likely N-dealkylation sites (N-methyl/N-ethyl adjacent to an activating group) is 1. The second kappa shape index (κ2) is 6.54. The molecule has 1 aromatic rings. The van der Waals surface area contributed by atoms with Crippen LogP contribution < -0.4 is 5.32 Å². The highest BCUT2D eigenvalue weighted by atomic mass is 16.5. The number of hydrogen-bond donors (Lipinski definition) is 1. The second-order valence-electron chi connectivity index (χ2n) is 4.75. The smallest absolute Gasteiger partial charge is 0.325 e. The van der Waals surface area contributed by atoms with Crippen LogP contribution in [0.5, 0.6) is 0 Å². The first-order valence-corrected chi connectivity index (χ1v) is 6.29. The SMILES string of the molecule is CNC(C)(CCCCn1ccc(C)n1)C(=O)OC. The molecule has 0 aromatic carbocycles. The van der Waals surface area contributed by atoms with Gasteiger partial charge in [0.25, 0.3) is 0 Å². The lowest BCUT2D eigenvalue weighted by Gasteiger charge is -2.25. The van der Waals surface area contributed by atoms with E-state index < -0.39 is 5.54 Å². The van der Waals surface area contributed by atoms with Crippen LogP contribution in [0.15, 0.2) is 12.3 Å². The summed E-state index contributed by atoms with van der Waals surface area (Å²) < 4.78 is 6.74. The van der Waals surface area contributed by atoms with Gasteiger partial charge in [-0.2, -0.15) is 5.10 Å². The lowest BCUT2D eigenvalue weighted by Crippen LogP contribution is -2.48. The molecule has 0 radical (unpaired) electrons. The van der Waals surface area contributed by atoms with E-state index in [2.05, 4.69) is 10.4 Å². The van der Waals surface area contributed by atoms with Gasteiger partial charge in [0.2, 0.25) is 0 Å². The Morgan fingerprint density at radius 2 is 2.28 bits per heavy atom. The standard InChI is InChI=1S/C13H23N3O2/c1-11-7-10-16(15-11)9-6-5-8-13(2,14-3)12(17)18-4/h7,10,14H,5-6,8-9H2,1-4H3. The third kappa shape index (κ3) is 3.84. The summed E-state index contributed by atoms with van der Waals surface area (Å²) in [6.07, 6.45) is 4.68. The Bertz CT molecular complexity index is 389. The van der Waals surface area contributed by atoms with Gasteiger partial charge in [-0.05, 0) is 46.2 Å². The van der Waals surface area contributed by atoms with E-state index in [1.165, 1.54) is 7.11 Å². The average Bonchev–Trinajstić information content (AvgIpc) is 2.79. The molecule has 0 bridgehead atoms. The Balaban J connectivity index is 2.34. The second-order valence-corrected chi connectivity index (χ2v) is 4.75. The topological polar surface area (TPSA) is 56.2 Å². The monoisotopic (exact) mass is 253 g/mol. The third-order valence-corrected chi connectivity index (χ3v) is 3.28. The summed E-state index contributed by atoms with van der Waals surface area (Å²) in [6, 6.07) is 1.99. The molecule has 102 valence electrons. The normalized spacial score (nSPS) is 14.2. The van der Waals surface area contributed by atoms with Crippen molar-refractivity contribution in [3.63, 3.8) is 0 Å². The van der Waals surface area contributed by atoms with E-state index in [0.717, 1.165) is 31.5 Å². The number of esters is 1. The number of carbonyl (C=O) groups is 1. The summed E-state index contributed by atoms with van der Waals surface area (Å²) in [6.45, 7) is 4.73. The number of nitrogens with zero attached hydrogens (tertiary/aromatic N) is 2. The largest absolute Gasteiger partial charge is 0.468 e. The van der Waals surface area contributed by atoms with Gasteiger partial charge in [-0.3, -0.25) is 9.48 Å². The third-order valence-electron chi connectivity index (χ3n) is 3.28. The number of carbonyl (C=O) groups excluding carboxylic acids is 1. The first kappa shape index (κ1) is 14.7. The molecule has 0 saturated heterocycles. The van der Waals surface area contributed by atoms with Crippen LogP contribution in [-0.2, 0) is 16.1 Å². The van der Waals surface area contributed by atoms with Crippen LogP contribution in [0, 0.1) is 6.92 Å². The van der Waals surface area contributed by atoms with Crippen molar-refractivity contribution in [1.29, 1.82) is 0 Å². The maximum Gasteiger partial charge on any atom is 0.325 e. The number of rotatable bonds is 7. The van der Waals surface area contributed by atoms with Crippen LogP contribution >= 0.6 is 0 Å². The van der Waals surface area contributed by atoms with E-state index in [1.54, 1.807) is 7.05 Å². The van der Waals surface area contributed by atoms with Crippen LogP contribution in [0.2, 0.25) is 0 Å². The molecule has 1 aromatic heterocycles. The molecule has 0 aliphatic carbocycles. The van der Waals surface area contributed by atoms with Gasteiger partial charge in [-0.15, -0.1) is 0 Å². The van der Waals surface area contributed by atoms with Crippen molar-refractivity contribution in [3.05, 3.63) is 18.0 Å². The van der Waals surface area contributed by atoms with Gasteiger partial charge in [-0.1, -0.05) is 0 Å². The van der Waals surface area contributed by atoms with Crippen molar-refractivity contribution in [2.75, 3.05) is 14.2 Å². The minimum absolute atomic E-state index is 0.208. The fraction of sp³-hybridized carbons (Fsp3) is 0.692. The highest BCUT2D eigenvalue weighted by Gasteiger charge is 2.31. The zero-order valence-electron chi connectivity index (χ0n) is 11.7. The van der Waals surface area contributed by atoms with Crippen molar-refractivity contribution in [3.8, 4) is 0 Å². The molecule has 0 aliphatic heterocycles. The molecule has 1 N–H and O–H groups in total.